The van der Waals surface area contributed by atoms with Crippen LogP contribution in [0, 0.1) is 11.6 Å². The van der Waals surface area contributed by atoms with Crippen molar-refractivity contribution in [1.29, 1.82) is 0 Å². The standard InChI is InChI=1S/C15H11ClF2O/c16-14-9-12(17)6-5-10(14)7-13(19)8-11-3-1-2-4-15(11)18/h1-6,9H,7-8H2. The van der Waals surface area contributed by atoms with Crippen LogP contribution >= 0.6 is 11.6 Å². The molecule has 19 heavy (non-hydrogen) atoms. The fourth-order valence-electron chi connectivity index (χ4n) is 1.79. The molecule has 98 valence electrons. The van der Waals surface area contributed by atoms with Gasteiger partial charge in [0.2, 0.25) is 0 Å². The average molecular weight is 281 g/mol. The second-order valence-corrected chi connectivity index (χ2v) is 4.63. The third kappa shape index (κ3) is 3.61. The maximum absolute atomic E-state index is 13.4. The zero-order valence-corrected chi connectivity index (χ0v) is 10.8. The van der Waals surface area contributed by atoms with E-state index >= 15 is 0 Å². The first kappa shape index (κ1) is 13.7. The monoisotopic (exact) mass is 280 g/mol. The molecule has 2 rings (SSSR count). The number of ketones is 1. The number of carbonyl (C=O) groups excluding carboxylic acids is 1. The Morgan fingerprint density at radius 3 is 2.37 bits per heavy atom. The van der Waals surface area contributed by atoms with Crippen LogP contribution in [0.15, 0.2) is 42.5 Å². The van der Waals surface area contributed by atoms with Crippen LogP contribution in [0.5, 0.6) is 0 Å². The van der Waals surface area contributed by atoms with E-state index in [2.05, 4.69) is 0 Å². The quantitative estimate of drug-likeness (QED) is 0.828. The van der Waals surface area contributed by atoms with Gasteiger partial charge < -0.3 is 0 Å². The van der Waals surface area contributed by atoms with Gasteiger partial charge in [-0.3, -0.25) is 4.79 Å². The molecule has 0 bridgehead atoms. The first-order valence-corrected chi connectivity index (χ1v) is 6.13. The fourth-order valence-corrected chi connectivity index (χ4v) is 2.03. The smallest absolute Gasteiger partial charge is 0.141 e. The molecule has 2 aromatic rings. The van der Waals surface area contributed by atoms with E-state index in [0.717, 1.165) is 6.07 Å². The SMILES string of the molecule is O=C(Cc1ccccc1F)Cc1ccc(F)cc1Cl. The van der Waals surface area contributed by atoms with Crippen molar-refractivity contribution < 1.29 is 13.6 Å². The summed E-state index contributed by atoms with van der Waals surface area (Å²) in [4.78, 5) is 11.9. The Balaban J connectivity index is 2.08. The topological polar surface area (TPSA) is 17.1 Å². The minimum absolute atomic E-state index is 0.000376. The van der Waals surface area contributed by atoms with Crippen LogP contribution in [0.3, 0.4) is 0 Å². The van der Waals surface area contributed by atoms with Crippen molar-refractivity contribution >= 4 is 17.4 Å². The lowest BCUT2D eigenvalue weighted by atomic mass is 10.0. The highest BCUT2D eigenvalue weighted by molar-refractivity contribution is 6.31. The van der Waals surface area contributed by atoms with Gasteiger partial charge in [0, 0.05) is 17.9 Å². The summed E-state index contributed by atoms with van der Waals surface area (Å²) in [6, 6.07) is 10.0. The second-order valence-electron chi connectivity index (χ2n) is 4.22. The van der Waals surface area contributed by atoms with Crippen LogP contribution in [-0.2, 0) is 17.6 Å². The maximum Gasteiger partial charge on any atom is 0.141 e. The molecule has 0 N–H and O–H groups in total. The molecular formula is C15H11ClF2O. The molecule has 0 fully saturated rings. The predicted octanol–water partition coefficient (Wildman–Crippen LogP) is 3.97. The number of benzene rings is 2. The number of hydrogen-bond donors (Lipinski definition) is 0. The van der Waals surface area contributed by atoms with Gasteiger partial charge in [0.05, 0.1) is 0 Å². The molecule has 0 saturated heterocycles. The van der Waals surface area contributed by atoms with Crippen LogP contribution in [0.1, 0.15) is 11.1 Å². The van der Waals surface area contributed by atoms with Crippen LogP contribution in [0.25, 0.3) is 0 Å². The molecule has 0 spiro atoms. The summed E-state index contributed by atoms with van der Waals surface area (Å²) in [7, 11) is 0. The summed E-state index contributed by atoms with van der Waals surface area (Å²) >= 11 is 5.84. The van der Waals surface area contributed by atoms with E-state index in [-0.39, 0.29) is 23.6 Å². The largest absolute Gasteiger partial charge is 0.299 e. The van der Waals surface area contributed by atoms with E-state index in [9.17, 15) is 13.6 Å². The van der Waals surface area contributed by atoms with Gasteiger partial charge in [0.25, 0.3) is 0 Å². The summed E-state index contributed by atoms with van der Waals surface area (Å²) in [5.41, 5.74) is 0.898. The van der Waals surface area contributed by atoms with E-state index in [1.54, 1.807) is 18.2 Å². The van der Waals surface area contributed by atoms with Crippen LogP contribution < -0.4 is 0 Å². The summed E-state index contributed by atoms with van der Waals surface area (Å²) in [6.45, 7) is 0. The molecule has 0 aromatic heterocycles. The van der Waals surface area contributed by atoms with Gasteiger partial charge in [-0.2, -0.15) is 0 Å². The van der Waals surface area contributed by atoms with Crippen molar-refractivity contribution in [2.45, 2.75) is 12.8 Å². The Morgan fingerprint density at radius 1 is 1.00 bits per heavy atom. The molecule has 4 heteroatoms. The number of halogens is 3. The average Bonchev–Trinajstić information content (AvgIpc) is 2.36. The minimum atomic E-state index is -0.449. The number of hydrogen-bond acceptors (Lipinski definition) is 1. The van der Waals surface area contributed by atoms with Gasteiger partial charge >= 0.3 is 0 Å². The van der Waals surface area contributed by atoms with Crippen molar-refractivity contribution in [1.82, 2.24) is 0 Å². The number of rotatable bonds is 4. The van der Waals surface area contributed by atoms with E-state index in [1.807, 2.05) is 0 Å². The van der Waals surface area contributed by atoms with Gasteiger partial charge in [-0.25, -0.2) is 8.78 Å². The van der Waals surface area contributed by atoms with Crippen molar-refractivity contribution in [3.63, 3.8) is 0 Å². The van der Waals surface area contributed by atoms with Crippen molar-refractivity contribution in [2.75, 3.05) is 0 Å². The Kier molecular flexibility index (Phi) is 4.27. The lowest BCUT2D eigenvalue weighted by Gasteiger charge is -2.05. The molecule has 2 aromatic carbocycles. The van der Waals surface area contributed by atoms with Crippen molar-refractivity contribution in [2.24, 2.45) is 0 Å². The molecule has 0 unspecified atom stereocenters. The summed E-state index contributed by atoms with van der Waals surface area (Å²) in [6.07, 6.45) is 0.0633. The highest BCUT2D eigenvalue weighted by Gasteiger charge is 2.11. The highest BCUT2D eigenvalue weighted by Crippen LogP contribution is 2.19. The van der Waals surface area contributed by atoms with E-state index in [1.165, 1.54) is 18.2 Å². The van der Waals surface area contributed by atoms with Gasteiger partial charge in [-0.1, -0.05) is 35.9 Å². The van der Waals surface area contributed by atoms with E-state index in [4.69, 9.17) is 11.6 Å². The van der Waals surface area contributed by atoms with Crippen molar-refractivity contribution in [3.05, 3.63) is 70.2 Å². The molecule has 0 aliphatic carbocycles. The first-order chi connectivity index (χ1) is 9.06. The zero-order chi connectivity index (χ0) is 13.8. The first-order valence-electron chi connectivity index (χ1n) is 5.75. The van der Waals surface area contributed by atoms with Gasteiger partial charge in [0.1, 0.15) is 17.4 Å². The Hall–Kier alpha value is -1.74. The van der Waals surface area contributed by atoms with E-state index < -0.39 is 11.6 Å². The zero-order valence-electron chi connectivity index (χ0n) is 10.00. The molecular weight excluding hydrogens is 270 g/mol. The lowest BCUT2D eigenvalue weighted by molar-refractivity contribution is -0.117. The fraction of sp³-hybridized carbons (Fsp3) is 0.133. The molecule has 0 heterocycles. The number of Topliss-reactive ketones (excluding diaryl/α,β-unsaturated/α-hetero) is 1. The summed E-state index contributed by atoms with van der Waals surface area (Å²) in [5, 5.41) is 0.210. The molecule has 0 amide bonds. The highest BCUT2D eigenvalue weighted by atomic mass is 35.5. The Bertz CT molecular complexity index is 611. The summed E-state index contributed by atoms with van der Waals surface area (Å²) in [5.74, 6) is -1.02. The molecule has 0 aliphatic heterocycles. The predicted molar refractivity (Wildman–Crippen MR) is 70.2 cm³/mol. The second kappa shape index (κ2) is 5.93. The third-order valence-electron chi connectivity index (χ3n) is 2.75. The summed E-state index contributed by atoms with van der Waals surface area (Å²) < 4.78 is 26.3. The number of carbonyl (C=O) groups is 1. The lowest BCUT2D eigenvalue weighted by Crippen LogP contribution is -2.08. The van der Waals surface area contributed by atoms with Crippen LogP contribution in [-0.4, -0.2) is 5.78 Å². The molecule has 0 saturated carbocycles. The molecule has 0 aliphatic rings. The maximum atomic E-state index is 13.4. The van der Waals surface area contributed by atoms with Crippen LogP contribution in [0.2, 0.25) is 5.02 Å². The van der Waals surface area contributed by atoms with Crippen molar-refractivity contribution in [3.8, 4) is 0 Å². The third-order valence-corrected chi connectivity index (χ3v) is 3.10. The normalized spacial score (nSPS) is 10.5. The minimum Gasteiger partial charge on any atom is -0.299 e. The Labute approximate surface area is 114 Å². The van der Waals surface area contributed by atoms with Gasteiger partial charge in [-0.15, -0.1) is 0 Å². The van der Waals surface area contributed by atoms with Gasteiger partial charge in [-0.05, 0) is 29.3 Å². The molecule has 0 radical (unpaired) electrons. The molecule has 1 nitrogen and oxygen atoms in total. The van der Waals surface area contributed by atoms with Crippen LogP contribution in [0.4, 0.5) is 8.78 Å². The molecule has 0 atom stereocenters. The van der Waals surface area contributed by atoms with Gasteiger partial charge in [0.15, 0.2) is 0 Å². The van der Waals surface area contributed by atoms with E-state index in [0.29, 0.717) is 11.1 Å². The Morgan fingerprint density at radius 2 is 1.68 bits per heavy atom.